The van der Waals surface area contributed by atoms with Crippen molar-refractivity contribution in [3.8, 4) is 11.6 Å². The third-order valence-electron chi connectivity index (χ3n) is 3.94. The van der Waals surface area contributed by atoms with Crippen molar-refractivity contribution >= 4 is 23.0 Å². The van der Waals surface area contributed by atoms with Gasteiger partial charge in [0, 0.05) is 13.1 Å². The lowest BCUT2D eigenvalue weighted by Gasteiger charge is -2.09. The number of hydrogen-bond donors (Lipinski definition) is 0. The molecular weight excluding hydrogens is 417 g/mol. The molecule has 2 aromatic rings. The second-order valence-corrected chi connectivity index (χ2v) is 6.51. The summed E-state index contributed by atoms with van der Waals surface area (Å²) >= 11 is 5.77. The fraction of sp³-hybridized carbons (Fsp3) is 0.412. The van der Waals surface area contributed by atoms with Crippen molar-refractivity contribution in [2.24, 2.45) is 12.2 Å². The lowest BCUT2D eigenvalue weighted by atomic mass is 10.1. The van der Waals surface area contributed by atoms with Crippen LogP contribution in [-0.2, 0) is 18.1 Å². The van der Waals surface area contributed by atoms with E-state index >= 15 is 0 Å². The average molecular weight is 435 g/mol. The van der Waals surface area contributed by atoms with Gasteiger partial charge in [-0.2, -0.15) is 13.2 Å². The Morgan fingerprint density at radius 1 is 1.45 bits per heavy atom. The molecule has 0 spiro atoms. The van der Waals surface area contributed by atoms with Gasteiger partial charge in [0.25, 0.3) is 11.6 Å². The topological polar surface area (TPSA) is 91.8 Å². The van der Waals surface area contributed by atoms with Crippen LogP contribution in [0.25, 0.3) is 0 Å². The number of aromatic nitrogens is 2. The highest BCUT2D eigenvalue weighted by molar-refractivity contribution is 6.32. The van der Waals surface area contributed by atoms with Crippen LogP contribution in [0.4, 0.5) is 18.9 Å². The van der Waals surface area contributed by atoms with Crippen LogP contribution < -0.4 is 4.74 Å². The van der Waals surface area contributed by atoms with Crippen LogP contribution in [-0.4, -0.2) is 26.5 Å². The Hall–Kier alpha value is -2.82. The molecule has 0 saturated heterocycles. The summed E-state index contributed by atoms with van der Waals surface area (Å²) in [6, 6.07) is 3.63. The van der Waals surface area contributed by atoms with E-state index in [1.54, 1.807) is 6.92 Å². The first-order valence-corrected chi connectivity index (χ1v) is 8.80. The monoisotopic (exact) mass is 434 g/mol. The van der Waals surface area contributed by atoms with Crippen molar-refractivity contribution in [1.29, 1.82) is 0 Å². The molecule has 12 heteroatoms. The summed E-state index contributed by atoms with van der Waals surface area (Å²) in [6.07, 6.45) is -4.24. The molecule has 0 saturated carbocycles. The molecule has 1 aromatic carbocycles. The minimum atomic E-state index is -4.72. The van der Waals surface area contributed by atoms with Crippen LogP contribution in [0.5, 0.6) is 11.6 Å². The normalized spacial score (nSPS) is 13.3. The highest BCUT2D eigenvalue weighted by Gasteiger charge is 2.39. The highest BCUT2D eigenvalue weighted by Crippen LogP contribution is 2.40. The van der Waals surface area contributed by atoms with Crippen LogP contribution in [0.1, 0.15) is 38.4 Å². The minimum absolute atomic E-state index is 0.00239. The van der Waals surface area contributed by atoms with Gasteiger partial charge >= 0.3 is 6.18 Å². The molecule has 0 N–H and O–H groups in total. The Morgan fingerprint density at radius 2 is 2.10 bits per heavy atom. The predicted molar refractivity (Wildman–Crippen MR) is 99.4 cm³/mol. The first-order valence-electron chi connectivity index (χ1n) is 8.42. The Bertz CT molecular complexity index is 943. The quantitative estimate of drug-likeness (QED) is 0.333. The second-order valence-electron chi connectivity index (χ2n) is 6.13. The zero-order valence-electron chi connectivity index (χ0n) is 16.0. The van der Waals surface area contributed by atoms with Crippen LogP contribution in [0.2, 0.25) is 5.02 Å². The van der Waals surface area contributed by atoms with E-state index in [2.05, 4.69) is 10.3 Å². The van der Waals surface area contributed by atoms with Crippen LogP contribution >= 0.6 is 11.6 Å². The van der Waals surface area contributed by atoms with E-state index in [1.165, 1.54) is 19.1 Å². The van der Waals surface area contributed by atoms with Crippen LogP contribution in [0, 0.1) is 10.1 Å². The Kier molecular flexibility index (Phi) is 6.73. The highest BCUT2D eigenvalue weighted by atomic mass is 35.5. The lowest BCUT2D eigenvalue weighted by molar-refractivity contribution is -0.385. The van der Waals surface area contributed by atoms with Gasteiger partial charge in [-0.1, -0.05) is 23.7 Å². The van der Waals surface area contributed by atoms with Gasteiger partial charge in [-0.15, -0.1) is 5.10 Å². The number of nitro benzene ring substituents is 1. The van der Waals surface area contributed by atoms with Crippen molar-refractivity contribution in [1.82, 2.24) is 9.78 Å². The molecule has 0 bridgehead atoms. The van der Waals surface area contributed by atoms with Gasteiger partial charge in [0.15, 0.2) is 5.69 Å². The van der Waals surface area contributed by atoms with Gasteiger partial charge in [0.2, 0.25) is 0 Å². The van der Waals surface area contributed by atoms with Crippen molar-refractivity contribution in [3.63, 3.8) is 0 Å². The Morgan fingerprint density at radius 3 is 2.62 bits per heavy atom. The largest absolute Gasteiger partial charge is 0.436 e. The zero-order valence-corrected chi connectivity index (χ0v) is 16.7. The molecule has 8 nitrogen and oxygen atoms in total. The third-order valence-corrected chi connectivity index (χ3v) is 4.28. The van der Waals surface area contributed by atoms with E-state index in [0.717, 1.165) is 13.1 Å². The number of alkyl halides is 3. The maximum atomic E-state index is 13.0. The van der Waals surface area contributed by atoms with E-state index in [9.17, 15) is 23.3 Å². The Balaban J connectivity index is 2.43. The van der Waals surface area contributed by atoms with Gasteiger partial charge < -0.3 is 9.57 Å². The first kappa shape index (κ1) is 22.5. The number of oxime groups is 1. The standard InChI is InChI=1S/C17H18ClF3N4O4/c1-5-9(2)29-23-10(3)12-8-11(6-7-13(12)25(26)27)28-16-14(18)15(17(19,20)21)24(4)22-16/h6-9H,5H2,1-4H3. The molecule has 0 aliphatic heterocycles. The van der Waals surface area contributed by atoms with Gasteiger partial charge in [-0.3, -0.25) is 14.8 Å². The van der Waals surface area contributed by atoms with Gasteiger partial charge in [-0.25, -0.2) is 0 Å². The van der Waals surface area contributed by atoms with Crippen molar-refractivity contribution in [2.45, 2.75) is 39.5 Å². The summed E-state index contributed by atoms with van der Waals surface area (Å²) in [5.41, 5.74) is -1.16. The van der Waals surface area contributed by atoms with Crippen molar-refractivity contribution < 1.29 is 27.7 Å². The minimum Gasteiger partial charge on any atom is -0.436 e. The van der Waals surface area contributed by atoms with E-state index in [1.807, 2.05) is 6.92 Å². The molecule has 1 aromatic heterocycles. The smallest absolute Gasteiger partial charge is 0.434 e. The number of benzene rings is 1. The number of nitrogens with zero attached hydrogens (tertiary/aromatic N) is 4. The molecule has 1 unspecified atom stereocenters. The number of aryl methyl sites for hydroxylation is 1. The third kappa shape index (κ3) is 5.17. The van der Waals surface area contributed by atoms with Crippen molar-refractivity contribution in [2.75, 3.05) is 0 Å². The van der Waals surface area contributed by atoms with Crippen LogP contribution in [0.3, 0.4) is 0 Å². The van der Waals surface area contributed by atoms with Gasteiger partial charge in [-0.05, 0) is 32.4 Å². The second kappa shape index (κ2) is 8.68. The van der Waals surface area contributed by atoms with Gasteiger partial charge in [0.05, 0.1) is 16.2 Å². The van der Waals surface area contributed by atoms with E-state index in [0.29, 0.717) is 11.1 Å². The molecule has 29 heavy (non-hydrogen) atoms. The molecule has 0 fully saturated rings. The average Bonchev–Trinajstić information content (AvgIpc) is 2.92. The summed E-state index contributed by atoms with van der Waals surface area (Å²) < 4.78 is 45.0. The molecule has 0 aliphatic carbocycles. The number of rotatable bonds is 7. The fourth-order valence-electron chi connectivity index (χ4n) is 2.28. The number of hydrogen-bond acceptors (Lipinski definition) is 6. The van der Waals surface area contributed by atoms with Crippen molar-refractivity contribution in [3.05, 3.63) is 44.6 Å². The maximum absolute atomic E-state index is 13.0. The first-order chi connectivity index (χ1) is 13.5. The molecule has 0 aliphatic rings. The summed E-state index contributed by atoms with van der Waals surface area (Å²) in [5.74, 6) is -0.482. The number of halogens is 4. The molecule has 1 heterocycles. The van der Waals surface area contributed by atoms with E-state index in [4.69, 9.17) is 21.2 Å². The maximum Gasteiger partial charge on any atom is 0.434 e. The predicted octanol–water partition coefficient (Wildman–Crippen LogP) is 5.33. The summed E-state index contributed by atoms with van der Waals surface area (Å²) in [5, 5.41) is 18.1. The lowest BCUT2D eigenvalue weighted by Crippen LogP contribution is -2.12. The summed E-state index contributed by atoms with van der Waals surface area (Å²) in [7, 11) is 1.08. The SMILES string of the molecule is CCC(C)ON=C(C)c1cc(Oc2nn(C)c(C(F)(F)F)c2Cl)ccc1[N+](=O)[O-]. The number of ether oxygens (including phenoxy) is 1. The summed E-state index contributed by atoms with van der Waals surface area (Å²) in [6.45, 7) is 5.17. The molecule has 0 radical (unpaired) electrons. The van der Waals surface area contributed by atoms with Gasteiger partial charge in [0.1, 0.15) is 16.9 Å². The van der Waals surface area contributed by atoms with Crippen LogP contribution in [0.15, 0.2) is 23.4 Å². The molecule has 158 valence electrons. The number of nitro groups is 1. The summed E-state index contributed by atoms with van der Waals surface area (Å²) in [4.78, 5) is 15.9. The molecule has 1 atom stereocenters. The molecular formula is C17H18ClF3N4O4. The van der Waals surface area contributed by atoms with E-state index < -0.39 is 27.7 Å². The zero-order chi connectivity index (χ0) is 21.9. The fourth-order valence-corrected chi connectivity index (χ4v) is 2.58. The molecule has 0 amide bonds. The molecule has 2 rings (SSSR count). The Labute approximate surface area is 169 Å². The van der Waals surface area contributed by atoms with E-state index in [-0.39, 0.29) is 28.8 Å².